The van der Waals surface area contributed by atoms with Crippen LogP contribution in [0, 0.1) is 0 Å². The highest BCUT2D eigenvalue weighted by molar-refractivity contribution is 5.64. The van der Waals surface area contributed by atoms with Gasteiger partial charge in [0.15, 0.2) is 11.5 Å². The van der Waals surface area contributed by atoms with Crippen molar-refractivity contribution < 1.29 is 4.74 Å². The van der Waals surface area contributed by atoms with Gasteiger partial charge in [0.05, 0.1) is 18.9 Å². The van der Waals surface area contributed by atoms with E-state index in [1.165, 1.54) is 0 Å². The number of fused-ring (bicyclic) bond motifs is 1. The fraction of sp³-hybridized carbons (Fsp3) is 0.455. The molecule has 3 N–H and O–H groups in total. The van der Waals surface area contributed by atoms with Crippen molar-refractivity contribution >= 4 is 17.3 Å². The molecule has 0 saturated carbocycles. The van der Waals surface area contributed by atoms with Crippen LogP contribution in [0.5, 0.6) is 0 Å². The molecule has 17 heavy (non-hydrogen) atoms. The van der Waals surface area contributed by atoms with Crippen molar-refractivity contribution in [3.8, 4) is 0 Å². The number of nitrogens with zero attached hydrogens (tertiary/aromatic N) is 3. The van der Waals surface area contributed by atoms with E-state index in [1.54, 1.807) is 12.4 Å². The Morgan fingerprint density at radius 2 is 2.35 bits per heavy atom. The molecule has 0 aliphatic heterocycles. The van der Waals surface area contributed by atoms with E-state index < -0.39 is 0 Å². The molecule has 0 aromatic carbocycles. The van der Waals surface area contributed by atoms with E-state index in [9.17, 15) is 0 Å². The first-order valence-electron chi connectivity index (χ1n) is 5.61. The molecule has 0 radical (unpaired) electrons. The number of hydrogen-bond acceptors (Lipinski definition) is 5. The third-order valence-electron chi connectivity index (χ3n) is 2.24. The SMILES string of the molecule is CC(C)OCCNc1nc(N)cn2ccnc12. The fourth-order valence-electron chi connectivity index (χ4n) is 1.53. The fourth-order valence-corrected chi connectivity index (χ4v) is 1.53. The van der Waals surface area contributed by atoms with Crippen molar-refractivity contribution in [3.05, 3.63) is 18.6 Å². The number of nitrogen functional groups attached to an aromatic ring is 1. The van der Waals surface area contributed by atoms with Crippen LogP contribution < -0.4 is 11.1 Å². The molecule has 2 aromatic rings. The largest absolute Gasteiger partial charge is 0.382 e. The van der Waals surface area contributed by atoms with E-state index in [1.807, 2.05) is 24.4 Å². The van der Waals surface area contributed by atoms with E-state index in [0.717, 1.165) is 5.65 Å². The Kier molecular flexibility index (Phi) is 3.43. The normalized spacial score (nSPS) is 11.2. The third kappa shape index (κ3) is 2.85. The molecule has 0 unspecified atom stereocenters. The first-order valence-corrected chi connectivity index (χ1v) is 5.61. The van der Waals surface area contributed by atoms with E-state index in [2.05, 4.69) is 15.3 Å². The average molecular weight is 235 g/mol. The third-order valence-corrected chi connectivity index (χ3v) is 2.24. The maximum atomic E-state index is 5.71. The highest BCUT2D eigenvalue weighted by Crippen LogP contribution is 2.13. The van der Waals surface area contributed by atoms with Crippen LogP contribution in [0.4, 0.5) is 11.6 Å². The van der Waals surface area contributed by atoms with Gasteiger partial charge in [0.25, 0.3) is 0 Å². The van der Waals surface area contributed by atoms with Crippen molar-refractivity contribution in [1.82, 2.24) is 14.4 Å². The molecule has 6 heteroatoms. The summed E-state index contributed by atoms with van der Waals surface area (Å²) < 4.78 is 7.28. The maximum absolute atomic E-state index is 5.71. The summed E-state index contributed by atoms with van der Waals surface area (Å²) in [5.41, 5.74) is 6.47. The number of ether oxygens (including phenoxy) is 1. The second kappa shape index (κ2) is 5.01. The first kappa shape index (κ1) is 11.7. The highest BCUT2D eigenvalue weighted by atomic mass is 16.5. The van der Waals surface area contributed by atoms with Gasteiger partial charge < -0.3 is 20.2 Å². The minimum absolute atomic E-state index is 0.233. The van der Waals surface area contributed by atoms with Gasteiger partial charge in [0.2, 0.25) is 0 Å². The van der Waals surface area contributed by atoms with Crippen LogP contribution in [0.15, 0.2) is 18.6 Å². The molecule has 0 atom stereocenters. The lowest BCUT2D eigenvalue weighted by atomic mass is 10.5. The zero-order valence-corrected chi connectivity index (χ0v) is 10.1. The summed E-state index contributed by atoms with van der Waals surface area (Å²) >= 11 is 0. The van der Waals surface area contributed by atoms with E-state index in [0.29, 0.717) is 24.8 Å². The molecule has 92 valence electrons. The highest BCUT2D eigenvalue weighted by Gasteiger charge is 2.05. The summed E-state index contributed by atoms with van der Waals surface area (Å²) in [5, 5.41) is 3.17. The predicted octanol–water partition coefficient (Wildman–Crippen LogP) is 1.15. The Morgan fingerprint density at radius 3 is 3.12 bits per heavy atom. The topological polar surface area (TPSA) is 77.5 Å². The summed E-state index contributed by atoms with van der Waals surface area (Å²) in [5.74, 6) is 1.14. The number of anilines is 2. The molecule has 0 spiro atoms. The predicted molar refractivity (Wildman–Crippen MR) is 67.0 cm³/mol. The zero-order valence-electron chi connectivity index (χ0n) is 10.1. The summed E-state index contributed by atoms with van der Waals surface area (Å²) in [7, 11) is 0. The van der Waals surface area contributed by atoms with Crippen LogP contribution in [0.25, 0.3) is 5.65 Å². The average Bonchev–Trinajstić information content (AvgIpc) is 2.71. The van der Waals surface area contributed by atoms with Gasteiger partial charge in [-0.2, -0.15) is 0 Å². The van der Waals surface area contributed by atoms with E-state index in [-0.39, 0.29) is 6.10 Å². The monoisotopic (exact) mass is 235 g/mol. The summed E-state index contributed by atoms with van der Waals surface area (Å²) in [6, 6.07) is 0. The van der Waals surface area contributed by atoms with Crippen LogP contribution in [0.1, 0.15) is 13.8 Å². The second-order valence-corrected chi connectivity index (χ2v) is 4.02. The molecule has 0 aliphatic carbocycles. The maximum Gasteiger partial charge on any atom is 0.180 e. The molecule has 0 aliphatic rings. The molecular weight excluding hydrogens is 218 g/mol. The quantitative estimate of drug-likeness (QED) is 0.760. The Hall–Kier alpha value is -1.82. The Bertz CT molecular complexity index is 494. The Morgan fingerprint density at radius 1 is 1.53 bits per heavy atom. The van der Waals surface area contributed by atoms with Crippen LogP contribution in [-0.4, -0.2) is 33.6 Å². The zero-order chi connectivity index (χ0) is 12.3. The van der Waals surface area contributed by atoms with E-state index in [4.69, 9.17) is 10.5 Å². The summed E-state index contributed by atoms with van der Waals surface area (Å²) in [6.07, 6.45) is 5.52. The van der Waals surface area contributed by atoms with Crippen LogP contribution >= 0.6 is 0 Å². The van der Waals surface area contributed by atoms with E-state index >= 15 is 0 Å². The second-order valence-electron chi connectivity index (χ2n) is 4.02. The molecular formula is C11H17N5O. The van der Waals surface area contributed by atoms with Crippen molar-refractivity contribution in [3.63, 3.8) is 0 Å². The minimum atomic E-state index is 0.233. The van der Waals surface area contributed by atoms with Crippen molar-refractivity contribution in [2.24, 2.45) is 0 Å². The van der Waals surface area contributed by atoms with Crippen LogP contribution in [0.3, 0.4) is 0 Å². The number of hydrogen-bond donors (Lipinski definition) is 2. The van der Waals surface area contributed by atoms with Crippen LogP contribution in [-0.2, 0) is 4.74 Å². The standard InChI is InChI=1S/C11H17N5O/c1-8(2)17-6-4-13-10-11-14-3-5-16(11)7-9(12)15-10/h3,5,7-8H,4,6,12H2,1-2H3,(H,13,15). The summed E-state index contributed by atoms with van der Waals surface area (Å²) in [4.78, 5) is 8.43. The molecule has 2 rings (SSSR count). The van der Waals surface area contributed by atoms with Gasteiger partial charge in [0, 0.05) is 18.9 Å². The lowest BCUT2D eigenvalue weighted by Crippen LogP contribution is -2.15. The number of rotatable bonds is 5. The molecule has 2 aromatic heterocycles. The first-order chi connectivity index (χ1) is 8.16. The van der Waals surface area contributed by atoms with Crippen molar-refractivity contribution in [2.75, 3.05) is 24.2 Å². The smallest absolute Gasteiger partial charge is 0.180 e. The lowest BCUT2D eigenvalue weighted by molar-refractivity contribution is 0.0870. The number of imidazole rings is 1. The Balaban J connectivity index is 2.04. The number of aromatic nitrogens is 3. The van der Waals surface area contributed by atoms with Crippen LogP contribution in [0.2, 0.25) is 0 Å². The van der Waals surface area contributed by atoms with Gasteiger partial charge in [-0.1, -0.05) is 0 Å². The van der Waals surface area contributed by atoms with Crippen molar-refractivity contribution in [1.29, 1.82) is 0 Å². The lowest BCUT2D eigenvalue weighted by Gasteiger charge is -2.10. The molecule has 0 amide bonds. The summed E-state index contributed by atoms with van der Waals surface area (Å²) in [6.45, 7) is 5.31. The molecule has 6 nitrogen and oxygen atoms in total. The van der Waals surface area contributed by atoms with Gasteiger partial charge in [-0.15, -0.1) is 0 Å². The number of nitrogens with two attached hydrogens (primary N) is 1. The van der Waals surface area contributed by atoms with Gasteiger partial charge in [0.1, 0.15) is 5.82 Å². The molecule has 0 fully saturated rings. The minimum Gasteiger partial charge on any atom is -0.382 e. The molecule has 0 saturated heterocycles. The molecule has 2 heterocycles. The Labute approximate surface area is 99.8 Å². The van der Waals surface area contributed by atoms with Gasteiger partial charge in [-0.3, -0.25) is 0 Å². The van der Waals surface area contributed by atoms with Gasteiger partial charge in [-0.05, 0) is 13.8 Å². The molecule has 0 bridgehead atoms. The van der Waals surface area contributed by atoms with Gasteiger partial charge in [-0.25, -0.2) is 9.97 Å². The van der Waals surface area contributed by atoms with Gasteiger partial charge >= 0.3 is 0 Å². The number of nitrogens with one attached hydrogen (secondary N) is 1. The van der Waals surface area contributed by atoms with Crippen molar-refractivity contribution in [2.45, 2.75) is 20.0 Å².